The second kappa shape index (κ2) is 2.28. The highest BCUT2D eigenvalue weighted by atomic mass is 32.2. The van der Waals surface area contributed by atoms with E-state index < -0.39 is 10.0 Å². The second-order valence-corrected chi connectivity index (χ2v) is 4.88. The molecule has 0 saturated carbocycles. The summed E-state index contributed by atoms with van der Waals surface area (Å²) >= 11 is 1.27. The van der Waals surface area contributed by atoms with Gasteiger partial charge < -0.3 is 0 Å². The largest absolute Gasteiger partial charge is 0.281 e. The molecule has 0 saturated heterocycles. The second-order valence-electron chi connectivity index (χ2n) is 2.17. The van der Waals surface area contributed by atoms with Gasteiger partial charge in [0.15, 0.2) is 0 Å². The summed E-state index contributed by atoms with van der Waals surface area (Å²) in [6.45, 7) is 0. The predicted octanol–water partition coefficient (Wildman–Crippen LogP) is 0.286. The van der Waals surface area contributed by atoms with Crippen molar-refractivity contribution in [3.63, 3.8) is 0 Å². The van der Waals surface area contributed by atoms with Crippen molar-refractivity contribution in [1.29, 1.82) is 0 Å². The zero-order chi connectivity index (χ0) is 8.77. The Bertz CT molecular complexity index is 433. The molecule has 2 rings (SSSR count). The van der Waals surface area contributed by atoms with Crippen LogP contribution < -0.4 is 5.84 Å². The van der Waals surface area contributed by atoms with E-state index in [1.54, 1.807) is 5.38 Å². The molecule has 0 atom stereocenters. The van der Waals surface area contributed by atoms with E-state index in [2.05, 4.69) is 4.99 Å². The molecule has 0 unspecified atom stereocenters. The average Bonchev–Trinajstić information content (AvgIpc) is 2.46. The molecule has 64 valence electrons. The van der Waals surface area contributed by atoms with Gasteiger partial charge >= 0.3 is 0 Å². The lowest BCUT2D eigenvalue weighted by atomic mass is 10.6. The Kier molecular flexibility index (Phi) is 1.47. The molecule has 5 nitrogen and oxygen atoms in total. The summed E-state index contributed by atoms with van der Waals surface area (Å²) in [5.74, 6) is 5.19. The summed E-state index contributed by atoms with van der Waals surface area (Å²) in [5.41, 5.74) is 0. The molecule has 0 radical (unpaired) electrons. The Balaban J connectivity index is 2.75. The third-order valence-corrected chi connectivity index (χ3v) is 3.94. The smallest absolute Gasteiger partial charge is 0.232 e. The van der Waals surface area contributed by atoms with Gasteiger partial charge in [0.1, 0.15) is 16.2 Å². The first-order valence-electron chi connectivity index (χ1n) is 3.03. The number of nitrogens with two attached hydrogens (primary N) is 1. The lowest BCUT2D eigenvalue weighted by Gasteiger charge is -2.15. The molecule has 0 spiro atoms. The van der Waals surface area contributed by atoms with Crippen LogP contribution in [0, 0.1) is 0 Å². The predicted molar refractivity (Wildman–Crippen MR) is 45.7 cm³/mol. The van der Waals surface area contributed by atoms with Crippen molar-refractivity contribution < 1.29 is 8.42 Å². The number of nitrogens with zero attached hydrogens (tertiary/aromatic N) is 2. The van der Waals surface area contributed by atoms with Crippen molar-refractivity contribution in [2.24, 2.45) is 10.8 Å². The van der Waals surface area contributed by atoms with Gasteiger partial charge in [0, 0.05) is 0 Å². The summed E-state index contributed by atoms with van der Waals surface area (Å²) in [6, 6.07) is 1.49. The van der Waals surface area contributed by atoms with Crippen molar-refractivity contribution >= 4 is 32.7 Å². The standard InChI is InChI=1S/C5H5N3O2S2/c6-8-3-7-5-4(1-2-11-5)12(8,9)10/h1-3H,6H2. The molecule has 0 aliphatic carbocycles. The van der Waals surface area contributed by atoms with Crippen LogP contribution in [0.25, 0.3) is 0 Å². The molecule has 0 amide bonds. The van der Waals surface area contributed by atoms with Crippen molar-refractivity contribution in [1.82, 2.24) is 4.41 Å². The summed E-state index contributed by atoms with van der Waals surface area (Å²) < 4.78 is 23.4. The van der Waals surface area contributed by atoms with Crippen molar-refractivity contribution in [3.05, 3.63) is 11.4 Å². The molecule has 7 heteroatoms. The first-order valence-corrected chi connectivity index (χ1v) is 5.35. The van der Waals surface area contributed by atoms with Gasteiger partial charge in [0.2, 0.25) is 0 Å². The molecule has 2 N–H and O–H groups in total. The number of hydrogen-bond donors (Lipinski definition) is 1. The van der Waals surface area contributed by atoms with Gasteiger partial charge in [-0.15, -0.1) is 11.3 Å². The lowest BCUT2D eigenvalue weighted by Crippen LogP contribution is -2.37. The molecule has 12 heavy (non-hydrogen) atoms. The van der Waals surface area contributed by atoms with Crippen molar-refractivity contribution in [3.8, 4) is 0 Å². The summed E-state index contributed by atoms with van der Waals surface area (Å²) in [4.78, 5) is 4.02. The summed E-state index contributed by atoms with van der Waals surface area (Å²) in [6.07, 6.45) is 1.09. The Morgan fingerprint density at radius 3 is 3.08 bits per heavy atom. The zero-order valence-electron chi connectivity index (χ0n) is 5.84. The zero-order valence-corrected chi connectivity index (χ0v) is 7.47. The molecule has 1 aliphatic heterocycles. The fourth-order valence-electron chi connectivity index (χ4n) is 0.865. The molecule has 2 heterocycles. The van der Waals surface area contributed by atoms with Gasteiger partial charge in [-0.3, -0.25) is 0 Å². The molecule has 1 aromatic heterocycles. The van der Waals surface area contributed by atoms with Crippen molar-refractivity contribution in [2.75, 3.05) is 0 Å². The van der Waals surface area contributed by atoms with E-state index >= 15 is 0 Å². The topological polar surface area (TPSA) is 75.8 Å². The molecule has 0 aromatic carbocycles. The van der Waals surface area contributed by atoms with Gasteiger partial charge in [0.25, 0.3) is 10.0 Å². The highest BCUT2D eigenvalue weighted by Crippen LogP contribution is 2.33. The Labute approximate surface area is 73.2 Å². The minimum absolute atomic E-state index is 0.178. The average molecular weight is 203 g/mol. The quantitative estimate of drug-likeness (QED) is 0.615. The monoisotopic (exact) mass is 203 g/mol. The normalized spacial score (nSPS) is 19.2. The summed E-state index contributed by atoms with van der Waals surface area (Å²) in [5, 5.41) is 2.15. The van der Waals surface area contributed by atoms with E-state index in [9.17, 15) is 8.42 Å². The third kappa shape index (κ3) is 0.872. The molecule has 0 fully saturated rings. The van der Waals surface area contributed by atoms with Crippen LogP contribution in [0.15, 0.2) is 21.3 Å². The summed E-state index contributed by atoms with van der Waals surface area (Å²) in [7, 11) is -3.51. The number of sulfonamides is 1. The number of thiophene rings is 1. The minimum Gasteiger partial charge on any atom is -0.232 e. The van der Waals surface area contributed by atoms with Crippen LogP contribution in [0.2, 0.25) is 0 Å². The van der Waals surface area contributed by atoms with Crippen LogP contribution in [0.5, 0.6) is 0 Å². The van der Waals surface area contributed by atoms with E-state index in [-0.39, 0.29) is 4.90 Å². The van der Waals surface area contributed by atoms with E-state index in [1.165, 1.54) is 17.4 Å². The van der Waals surface area contributed by atoms with Gasteiger partial charge in [-0.25, -0.2) is 10.8 Å². The van der Waals surface area contributed by atoms with Crippen LogP contribution in [0.4, 0.5) is 5.00 Å². The van der Waals surface area contributed by atoms with Gasteiger partial charge in [-0.1, -0.05) is 0 Å². The van der Waals surface area contributed by atoms with E-state index in [0.29, 0.717) is 9.42 Å². The maximum atomic E-state index is 11.4. The Hall–Kier alpha value is -0.920. The molecule has 1 aliphatic rings. The first-order chi connectivity index (χ1) is 5.62. The molecule has 1 aromatic rings. The highest BCUT2D eigenvalue weighted by Gasteiger charge is 2.27. The third-order valence-electron chi connectivity index (χ3n) is 1.45. The highest BCUT2D eigenvalue weighted by molar-refractivity contribution is 7.90. The van der Waals surface area contributed by atoms with Crippen LogP contribution in [0.1, 0.15) is 0 Å². The Morgan fingerprint density at radius 2 is 2.33 bits per heavy atom. The SMILES string of the molecule is NN1C=Nc2sccc2S1(=O)=O. The Morgan fingerprint density at radius 1 is 1.58 bits per heavy atom. The number of rotatable bonds is 0. The van der Waals surface area contributed by atoms with Gasteiger partial charge in [0.05, 0.1) is 0 Å². The molecular weight excluding hydrogens is 198 g/mol. The minimum atomic E-state index is -3.51. The fraction of sp³-hybridized carbons (Fsp3) is 0. The number of fused-ring (bicyclic) bond motifs is 1. The van der Waals surface area contributed by atoms with Crippen LogP contribution in [0.3, 0.4) is 0 Å². The molecular formula is C5H5N3O2S2. The fourth-order valence-corrected chi connectivity index (χ4v) is 2.95. The van der Waals surface area contributed by atoms with E-state index in [1.807, 2.05) is 0 Å². The van der Waals surface area contributed by atoms with Crippen LogP contribution in [-0.4, -0.2) is 19.2 Å². The number of hydrazine groups is 1. The van der Waals surface area contributed by atoms with Crippen LogP contribution >= 0.6 is 11.3 Å². The molecule has 0 bridgehead atoms. The van der Waals surface area contributed by atoms with Crippen LogP contribution in [-0.2, 0) is 10.0 Å². The number of hydrogen-bond acceptors (Lipinski definition) is 5. The lowest BCUT2D eigenvalue weighted by molar-refractivity contribution is 0.535. The maximum Gasteiger partial charge on any atom is 0.281 e. The van der Waals surface area contributed by atoms with E-state index in [0.717, 1.165) is 6.34 Å². The van der Waals surface area contributed by atoms with E-state index in [4.69, 9.17) is 5.84 Å². The van der Waals surface area contributed by atoms with Gasteiger partial charge in [-0.05, 0) is 11.4 Å². The van der Waals surface area contributed by atoms with Crippen molar-refractivity contribution in [2.45, 2.75) is 4.90 Å². The number of aliphatic imine (C=N–C) groups is 1. The first kappa shape index (κ1) is 7.71. The van der Waals surface area contributed by atoms with Gasteiger partial charge in [-0.2, -0.15) is 12.8 Å². The maximum absolute atomic E-state index is 11.4.